The number of hydrogen-bond donors (Lipinski definition) is 2. The Hall–Kier alpha value is -2.10. The lowest BCUT2D eigenvalue weighted by molar-refractivity contribution is 0.0130. The molecule has 130 valence electrons. The number of piperazine rings is 1. The number of nitriles is 1. The molecule has 2 amide bonds. The SMILES string of the molecule is Cc1c(C#N)cccc1NC(=O)N1CCN(CC(C)(C)O)C[C@H]1C. The molecule has 1 atom stereocenters. The van der Waals surface area contributed by atoms with Gasteiger partial charge in [0, 0.05) is 37.9 Å². The first-order valence-electron chi connectivity index (χ1n) is 8.23. The third-order valence-electron chi connectivity index (χ3n) is 4.28. The molecular weight excluding hydrogens is 304 g/mol. The topological polar surface area (TPSA) is 79.6 Å². The van der Waals surface area contributed by atoms with Crippen LogP contribution in [-0.4, -0.2) is 58.8 Å². The highest BCUT2D eigenvalue weighted by atomic mass is 16.3. The van der Waals surface area contributed by atoms with Crippen molar-refractivity contribution >= 4 is 11.7 Å². The number of β-amino-alcohol motifs (C(OH)–C–C–N with tert-alkyl or cyclic N) is 1. The first-order valence-corrected chi connectivity index (χ1v) is 8.23. The fourth-order valence-electron chi connectivity index (χ4n) is 3.10. The molecule has 0 aromatic heterocycles. The van der Waals surface area contributed by atoms with Gasteiger partial charge in [0.15, 0.2) is 0 Å². The number of hydrogen-bond acceptors (Lipinski definition) is 4. The van der Waals surface area contributed by atoms with Crippen LogP contribution in [0.1, 0.15) is 31.9 Å². The summed E-state index contributed by atoms with van der Waals surface area (Å²) in [5.74, 6) is 0. The Balaban J connectivity index is 2.01. The number of nitrogens with zero attached hydrogens (tertiary/aromatic N) is 3. The first-order chi connectivity index (χ1) is 11.2. The van der Waals surface area contributed by atoms with Crippen LogP contribution in [0.15, 0.2) is 18.2 Å². The second-order valence-electron chi connectivity index (χ2n) is 7.11. The van der Waals surface area contributed by atoms with Crippen LogP contribution < -0.4 is 5.32 Å². The molecule has 1 saturated heterocycles. The van der Waals surface area contributed by atoms with Gasteiger partial charge in [-0.1, -0.05) is 6.07 Å². The van der Waals surface area contributed by atoms with Gasteiger partial charge in [-0.3, -0.25) is 4.90 Å². The van der Waals surface area contributed by atoms with Crippen LogP contribution in [0.25, 0.3) is 0 Å². The van der Waals surface area contributed by atoms with E-state index in [1.807, 2.05) is 19.9 Å². The molecule has 2 N–H and O–H groups in total. The zero-order valence-electron chi connectivity index (χ0n) is 14.8. The van der Waals surface area contributed by atoms with Crippen molar-refractivity contribution in [2.45, 2.75) is 39.3 Å². The third kappa shape index (κ3) is 4.47. The summed E-state index contributed by atoms with van der Waals surface area (Å²) in [6, 6.07) is 7.35. The smallest absolute Gasteiger partial charge is 0.322 e. The van der Waals surface area contributed by atoms with E-state index in [9.17, 15) is 9.90 Å². The van der Waals surface area contributed by atoms with E-state index in [2.05, 4.69) is 16.3 Å². The van der Waals surface area contributed by atoms with E-state index in [4.69, 9.17) is 5.26 Å². The van der Waals surface area contributed by atoms with E-state index >= 15 is 0 Å². The third-order valence-corrected chi connectivity index (χ3v) is 4.28. The molecule has 1 fully saturated rings. The van der Waals surface area contributed by atoms with Crippen molar-refractivity contribution < 1.29 is 9.90 Å². The maximum Gasteiger partial charge on any atom is 0.322 e. The van der Waals surface area contributed by atoms with E-state index in [-0.39, 0.29) is 12.1 Å². The van der Waals surface area contributed by atoms with Crippen LogP contribution in [-0.2, 0) is 0 Å². The number of amides is 2. The van der Waals surface area contributed by atoms with Crippen LogP contribution in [0, 0.1) is 18.3 Å². The maximum atomic E-state index is 12.6. The Labute approximate surface area is 143 Å². The minimum Gasteiger partial charge on any atom is -0.389 e. The summed E-state index contributed by atoms with van der Waals surface area (Å²) in [4.78, 5) is 16.6. The predicted molar refractivity (Wildman–Crippen MR) is 93.8 cm³/mol. The molecule has 6 nitrogen and oxygen atoms in total. The minimum absolute atomic E-state index is 0.0561. The highest BCUT2D eigenvalue weighted by molar-refractivity contribution is 5.90. The lowest BCUT2D eigenvalue weighted by atomic mass is 10.1. The van der Waals surface area contributed by atoms with Gasteiger partial charge in [0.1, 0.15) is 0 Å². The van der Waals surface area contributed by atoms with Crippen molar-refractivity contribution in [3.63, 3.8) is 0 Å². The van der Waals surface area contributed by atoms with E-state index in [1.165, 1.54) is 0 Å². The van der Waals surface area contributed by atoms with Gasteiger partial charge >= 0.3 is 6.03 Å². The van der Waals surface area contributed by atoms with Crippen molar-refractivity contribution in [3.05, 3.63) is 29.3 Å². The van der Waals surface area contributed by atoms with Gasteiger partial charge in [-0.25, -0.2) is 4.79 Å². The van der Waals surface area contributed by atoms with Crippen LogP contribution in [0.2, 0.25) is 0 Å². The van der Waals surface area contributed by atoms with Crippen molar-refractivity contribution in [1.29, 1.82) is 5.26 Å². The molecule has 6 heteroatoms. The van der Waals surface area contributed by atoms with Crippen molar-refractivity contribution in [3.8, 4) is 6.07 Å². The van der Waals surface area contributed by atoms with Crippen LogP contribution in [0.5, 0.6) is 0 Å². The largest absolute Gasteiger partial charge is 0.389 e. The van der Waals surface area contributed by atoms with Crippen LogP contribution in [0.4, 0.5) is 10.5 Å². The number of aliphatic hydroxyl groups is 1. The lowest BCUT2D eigenvalue weighted by Gasteiger charge is -2.41. The Morgan fingerprint density at radius 1 is 1.46 bits per heavy atom. The van der Waals surface area contributed by atoms with Gasteiger partial charge in [-0.05, 0) is 45.4 Å². The highest BCUT2D eigenvalue weighted by Gasteiger charge is 2.30. The zero-order chi connectivity index (χ0) is 17.9. The summed E-state index contributed by atoms with van der Waals surface area (Å²) in [7, 11) is 0. The monoisotopic (exact) mass is 330 g/mol. The maximum absolute atomic E-state index is 12.6. The molecule has 1 aliphatic heterocycles. The van der Waals surface area contributed by atoms with Crippen LogP contribution >= 0.6 is 0 Å². The number of urea groups is 1. The van der Waals surface area contributed by atoms with E-state index < -0.39 is 5.60 Å². The fraction of sp³-hybridized carbons (Fsp3) is 0.556. The second kappa shape index (κ2) is 7.20. The van der Waals surface area contributed by atoms with Gasteiger partial charge < -0.3 is 15.3 Å². The minimum atomic E-state index is -0.737. The molecule has 1 aromatic carbocycles. The molecule has 0 aliphatic carbocycles. The molecule has 0 unspecified atom stereocenters. The highest BCUT2D eigenvalue weighted by Crippen LogP contribution is 2.20. The van der Waals surface area contributed by atoms with Gasteiger partial charge in [-0.15, -0.1) is 0 Å². The molecule has 0 radical (unpaired) electrons. The predicted octanol–water partition coefficient (Wildman–Crippen LogP) is 2.18. The van der Waals surface area contributed by atoms with Gasteiger partial charge in [0.05, 0.1) is 17.2 Å². The molecule has 0 bridgehead atoms. The quantitative estimate of drug-likeness (QED) is 0.890. The number of nitrogens with one attached hydrogen (secondary N) is 1. The Bertz CT molecular complexity index is 645. The Kier molecular flexibility index (Phi) is 5.47. The Morgan fingerprint density at radius 3 is 2.75 bits per heavy atom. The average Bonchev–Trinajstić information content (AvgIpc) is 2.47. The number of carbonyl (C=O) groups is 1. The molecule has 1 heterocycles. The molecule has 1 aliphatic rings. The summed E-state index contributed by atoms with van der Waals surface area (Å²) in [6.45, 7) is 10.1. The standard InChI is InChI=1S/C18H26N4O2/c1-13-11-21(12-18(3,4)24)8-9-22(13)17(23)20-16-7-5-6-15(10-19)14(16)2/h5-7,13,24H,8-9,11-12H2,1-4H3,(H,20,23)/t13-/m1/s1. The normalized spacial score (nSPS) is 19.0. The molecule has 0 saturated carbocycles. The van der Waals surface area contributed by atoms with Crippen molar-refractivity contribution in [2.75, 3.05) is 31.5 Å². The van der Waals surface area contributed by atoms with Gasteiger partial charge in [-0.2, -0.15) is 5.26 Å². The van der Waals surface area contributed by atoms with E-state index in [0.29, 0.717) is 24.3 Å². The first kappa shape index (κ1) is 18.2. The molecule has 1 aromatic rings. The zero-order valence-corrected chi connectivity index (χ0v) is 14.8. The summed E-state index contributed by atoms with van der Waals surface area (Å²) in [5, 5.41) is 22.0. The summed E-state index contributed by atoms with van der Waals surface area (Å²) in [6.07, 6.45) is 0. The van der Waals surface area contributed by atoms with Crippen molar-refractivity contribution in [1.82, 2.24) is 9.80 Å². The molecule has 0 spiro atoms. The number of anilines is 1. The van der Waals surface area contributed by atoms with Crippen LogP contribution in [0.3, 0.4) is 0 Å². The van der Waals surface area contributed by atoms with Gasteiger partial charge in [0.25, 0.3) is 0 Å². The number of rotatable bonds is 3. The van der Waals surface area contributed by atoms with Crippen molar-refractivity contribution in [2.24, 2.45) is 0 Å². The average molecular weight is 330 g/mol. The lowest BCUT2D eigenvalue weighted by Crippen LogP contribution is -2.57. The Morgan fingerprint density at radius 2 is 2.17 bits per heavy atom. The summed E-state index contributed by atoms with van der Waals surface area (Å²) in [5.41, 5.74) is 1.28. The summed E-state index contributed by atoms with van der Waals surface area (Å²) < 4.78 is 0. The molecule has 2 rings (SSSR count). The fourth-order valence-corrected chi connectivity index (χ4v) is 3.10. The summed E-state index contributed by atoms with van der Waals surface area (Å²) >= 11 is 0. The molecule has 24 heavy (non-hydrogen) atoms. The van der Waals surface area contributed by atoms with E-state index in [1.54, 1.807) is 30.9 Å². The molecular formula is C18H26N4O2. The second-order valence-corrected chi connectivity index (χ2v) is 7.11. The van der Waals surface area contributed by atoms with Gasteiger partial charge in [0.2, 0.25) is 0 Å². The number of benzene rings is 1. The number of carbonyl (C=O) groups excluding carboxylic acids is 1. The van der Waals surface area contributed by atoms with E-state index in [0.717, 1.165) is 18.7 Å².